The van der Waals surface area contributed by atoms with Crippen LogP contribution in [0.25, 0.3) is 0 Å². The Bertz CT molecular complexity index is 708. The number of amides is 1. The van der Waals surface area contributed by atoms with Gasteiger partial charge in [0.05, 0.1) is 18.2 Å². The van der Waals surface area contributed by atoms with Crippen LogP contribution in [0.5, 0.6) is 0 Å². The highest BCUT2D eigenvalue weighted by molar-refractivity contribution is 5.76. The Hall–Kier alpha value is -2.21. The minimum atomic E-state index is 0.0728. The second-order valence-electron chi connectivity index (χ2n) is 7.13. The SMILES string of the molecule is O=C(CC1CN(C2CCCC2)Cc2ccnn21)NCc1cccnc1. The van der Waals surface area contributed by atoms with E-state index in [9.17, 15) is 4.79 Å². The summed E-state index contributed by atoms with van der Waals surface area (Å²) in [5, 5.41) is 7.49. The Morgan fingerprint density at radius 2 is 2.12 bits per heavy atom. The van der Waals surface area contributed by atoms with E-state index in [0.717, 1.165) is 18.7 Å². The van der Waals surface area contributed by atoms with Gasteiger partial charge in [-0.3, -0.25) is 19.4 Å². The second-order valence-corrected chi connectivity index (χ2v) is 7.13. The van der Waals surface area contributed by atoms with E-state index < -0.39 is 0 Å². The van der Waals surface area contributed by atoms with Gasteiger partial charge in [-0.1, -0.05) is 18.9 Å². The number of nitrogens with zero attached hydrogens (tertiary/aromatic N) is 4. The molecular weight excluding hydrogens is 314 g/mol. The van der Waals surface area contributed by atoms with Gasteiger partial charge in [0.1, 0.15) is 0 Å². The number of pyridine rings is 1. The van der Waals surface area contributed by atoms with Crippen LogP contribution >= 0.6 is 0 Å². The van der Waals surface area contributed by atoms with Crippen LogP contribution in [-0.4, -0.2) is 38.2 Å². The molecule has 1 N–H and O–H groups in total. The molecule has 1 unspecified atom stereocenters. The van der Waals surface area contributed by atoms with Crippen molar-refractivity contribution < 1.29 is 4.79 Å². The number of hydrogen-bond acceptors (Lipinski definition) is 4. The van der Waals surface area contributed by atoms with Crippen molar-refractivity contribution in [1.82, 2.24) is 25.0 Å². The van der Waals surface area contributed by atoms with Crippen molar-refractivity contribution in [2.75, 3.05) is 6.54 Å². The van der Waals surface area contributed by atoms with Crippen LogP contribution in [0.15, 0.2) is 36.8 Å². The Morgan fingerprint density at radius 1 is 1.24 bits per heavy atom. The van der Waals surface area contributed by atoms with Crippen molar-refractivity contribution >= 4 is 5.91 Å². The van der Waals surface area contributed by atoms with E-state index in [0.29, 0.717) is 19.0 Å². The van der Waals surface area contributed by atoms with Gasteiger partial charge in [-0.15, -0.1) is 0 Å². The number of carbonyl (C=O) groups excluding carboxylic acids is 1. The molecule has 0 saturated heterocycles. The van der Waals surface area contributed by atoms with Crippen LogP contribution in [-0.2, 0) is 17.9 Å². The highest BCUT2D eigenvalue weighted by Gasteiger charge is 2.32. The summed E-state index contributed by atoms with van der Waals surface area (Å²) in [7, 11) is 0. The summed E-state index contributed by atoms with van der Waals surface area (Å²) < 4.78 is 2.05. The minimum Gasteiger partial charge on any atom is -0.352 e. The van der Waals surface area contributed by atoms with E-state index in [1.165, 1.54) is 31.4 Å². The van der Waals surface area contributed by atoms with Gasteiger partial charge in [-0.2, -0.15) is 5.10 Å². The van der Waals surface area contributed by atoms with Gasteiger partial charge in [0.2, 0.25) is 5.91 Å². The summed E-state index contributed by atoms with van der Waals surface area (Å²) in [5.41, 5.74) is 2.25. The van der Waals surface area contributed by atoms with Gasteiger partial charge in [-0.05, 0) is 30.5 Å². The van der Waals surface area contributed by atoms with Gasteiger partial charge in [0, 0.05) is 44.3 Å². The summed E-state index contributed by atoms with van der Waals surface area (Å²) in [6.45, 7) is 2.40. The molecule has 132 valence electrons. The molecule has 0 bridgehead atoms. The van der Waals surface area contributed by atoms with Crippen molar-refractivity contribution in [2.24, 2.45) is 0 Å². The number of nitrogens with one attached hydrogen (secondary N) is 1. The van der Waals surface area contributed by atoms with Crippen LogP contribution < -0.4 is 5.32 Å². The lowest BCUT2D eigenvalue weighted by atomic mass is 10.1. The lowest BCUT2D eigenvalue weighted by molar-refractivity contribution is -0.122. The zero-order valence-corrected chi connectivity index (χ0v) is 14.5. The Labute approximate surface area is 148 Å². The van der Waals surface area contributed by atoms with E-state index in [2.05, 4.69) is 31.0 Å². The van der Waals surface area contributed by atoms with Crippen LogP contribution in [0.2, 0.25) is 0 Å². The van der Waals surface area contributed by atoms with Gasteiger partial charge in [-0.25, -0.2) is 0 Å². The molecule has 0 radical (unpaired) electrons. The fourth-order valence-electron chi connectivity index (χ4n) is 4.10. The number of rotatable bonds is 5. The van der Waals surface area contributed by atoms with Crippen molar-refractivity contribution in [1.29, 1.82) is 0 Å². The van der Waals surface area contributed by atoms with Gasteiger partial charge < -0.3 is 5.32 Å². The largest absolute Gasteiger partial charge is 0.352 e. The van der Waals surface area contributed by atoms with E-state index in [1.54, 1.807) is 12.4 Å². The molecule has 2 aromatic rings. The fraction of sp³-hybridized carbons (Fsp3) is 0.526. The van der Waals surface area contributed by atoms with Crippen molar-refractivity contribution in [3.63, 3.8) is 0 Å². The quantitative estimate of drug-likeness (QED) is 0.908. The van der Waals surface area contributed by atoms with Gasteiger partial charge >= 0.3 is 0 Å². The molecule has 2 aliphatic rings. The molecule has 0 aromatic carbocycles. The third-order valence-corrected chi connectivity index (χ3v) is 5.38. The predicted octanol–water partition coefficient (Wildman–Crippen LogP) is 2.28. The second kappa shape index (κ2) is 7.35. The highest BCUT2D eigenvalue weighted by Crippen LogP contribution is 2.30. The molecule has 1 saturated carbocycles. The van der Waals surface area contributed by atoms with Crippen molar-refractivity contribution in [3.05, 3.63) is 48.0 Å². The Kier molecular flexibility index (Phi) is 4.78. The number of fused-ring (bicyclic) bond motifs is 1. The van der Waals surface area contributed by atoms with E-state index in [4.69, 9.17) is 0 Å². The van der Waals surface area contributed by atoms with Gasteiger partial charge in [0.25, 0.3) is 0 Å². The maximum Gasteiger partial charge on any atom is 0.222 e. The average molecular weight is 339 g/mol. The topological polar surface area (TPSA) is 63.1 Å². The first-order chi connectivity index (χ1) is 12.3. The third kappa shape index (κ3) is 3.74. The maximum absolute atomic E-state index is 12.5. The molecule has 3 heterocycles. The molecule has 25 heavy (non-hydrogen) atoms. The van der Waals surface area contributed by atoms with Crippen LogP contribution in [0, 0.1) is 0 Å². The monoisotopic (exact) mass is 339 g/mol. The smallest absolute Gasteiger partial charge is 0.222 e. The number of hydrogen-bond donors (Lipinski definition) is 1. The van der Waals surface area contributed by atoms with E-state index >= 15 is 0 Å². The molecular formula is C19H25N5O. The first-order valence-corrected chi connectivity index (χ1v) is 9.21. The zero-order valence-electron chi connectivity index (χ0n) is 14.5. The molecule has 6 heteroatoms. The van der Waals surface area contributed by atoms with E-state index in [1.807, 2.05) is 18.3 Å². The minimum absolute atomic E-state index is 0.0728. The standard InChI is InChI=1S/C19H25N5O/c25-19(21-12-15-4-3-8-20-11-15)10-18-14-23(16-5-1-2-6-16)13-17-7-9-22-24(17)18/h3-4,7-9,11,16,18H,1-2,5-6,10,12-14H2,(H,21,25). The first kappa shape index (κ1) is 16.3. The molecule has 4 rings (SSSR count). The van der Waals surface area contributed by atoms with Crippen LogP contribution in [0.1, 0.15) is 49.4 Å². The highest BCUT2D eigenvalue weighted by atomic mass is 16.1. The van der Waals surface area contributed by atoms with Crippen LogP contribution in [0.4, 0.5) is 0 Å². The zero-order chi connectivity index (χ0) is 17.1. The van der Waals surface area contributed by atoms with E-state index in [-0.39, 0.29) is 11.9 Å². The molecule has 2 aromatic heterocycles. The summed E-state index contributed by atoms with van der Waals surface area (Å²) in [6.07, 6.45) is 11.1. The normalized spacial score (nSPS) is 21.2. The lowest BCUT2D eigenvalue weighted by Gasteiger charge is -2.37. The molecule has 0 spiro atoms. The van der Waals surface area contributed by atoms with Crippen molar-refractivity contribution in [3.8, 4) is 0 Å². The van der Waals surface area contributed by atoms with Crippen molar-refractivity contribution in [2.45, 2.75) is 57.3 Å². The predicted molar refractivity (Wildman–Crippen MR) is 94.6 cm³/mol. The molecule has 6 nitrogen and oxygen atoms in total. The third-order valence-electron chi connectivity index (χ3n) is 5.38. The first-order valence-electron chi connectivity index (χ1n) is 9.21. The van der Waals surface area contributed by atoms with Gasteiger partial charge in [0.15, 0.2) is 0 Å². The van der Waals surface area contributed by atoms with Crippen LogP contribution in [0.3, 0.4) is 0 Å². The number of aromatic nitrogens is 3. The fourth-order valence-corrected chi connectivity index (χ4v) is 4.10. The summed E-state index contributed by atoms with van der Waals surface area (Å²) in [6, 6.07) is 6.74. The number of carbonyl (C=O) groups is 1. The average Bonchev–Trinajstić information content (AvgIpc) is 3.32. The summed E-state index contributed by atoms with van der Waals surface area (Å²) in [4.78, 5) is 19.1. The summed E-state index contributed by atoms with van der Waals surface area (Å²) >= 11 is 0. The Morgan fingerprint density at radius 3 is 2.92 bits per heavy atom. The molecule has 1 fully saturated rings. The molecule has 1 aliphatic heterocycles. The summed E-state index contributed by atoms with van der Waals surface area (Å²) in [5.74, 6) is 0.0728. The molecule has 1 atom stereocenters. The maximum atomic E-state index is 12.5. The Balaban J connectivity index is 1.39. The molecule has 1 aliphatic carbocycles. The lowest BCUT2D eigenvalue weighted by Crippen LogP contribution is -2.44. The molecule has 1 amide bonds.